The van der Waals surface area contributed by atoms with E-state index in [1.54, 1.807) is 24.3 Å². The molecule has 0 unspecified atom stereocenters. The van der Waals surface area contributed by atoms with Crippen LogP contribution in [0.4, 0.5) is 10.2 Å². The predicted octanol–water partition coefficient (Wildman–Crippen LogP) is 3.81. The Hall–Kier alpha value is -2.99. The molecule has 0 radical (unpaired) electrons. The normalized spacial score (nSPS) is 10.4. The lowest BCUT2D eigenvalue weighted by atomic mass is 10.2. The highest BCUT2D eigenvalue weighted by molar-refractivity contribution is 6.30. The van der Waals surface area contributed by atoms with Gasteiger partial charge in [0, 0.05) is 18.1 Å². The lowest BCUT2D eigenvalue weighted by Crippen LogP contribution is -2.24. The number of rotatable bonds is 6. The van der Waals surface area contributed by atoms with Gasteiger partial charge in [-0.15, -0.1) is 10.2 Å². The molecule has 0 fully saturated rings. The van der Waals surface area contributed by atoms with Crippen LogP contribution in [-0.2, 0) is 13.1 Å². The highest BCUT2D eigenvalue weighted by Crippen LogP contribution is 2.11. The average Bonchev–Trinajstić information content (AvgIpc) is 2.67. The third kappa shape index (κ3) is 5.00. The number of nitrogens with one attached hydrogen (secondary N) is 2. The van der Waals surface area contributed by atoms with E-state index in [4.69, 9.17) is 11.6 Å². The maximum absolute atomic E-state index is 12.9. The van der Waals surface area contributed by atoms with Crippen molar-refractivity contribution in [3.8, 4) is 0 Å². The van der Waals surface area contributed by atoms with Gasteiger partial charge in [0.05, 0.1) is 0 Å². The van der Waals surface area contributed by atoms with Crippen LogP contribution in [0.3, 0.4) is 0 Å². The van der Waals surface area contributed by atoms with E-state index in [2.05, 4.69) is 20.8 Å². The van der Waals surface area contributed by atoms with Crippen LogP contribution >= 0.6 is 11.6 Å². The molecule has 0 aliphatic heterocycles. The van der Waals surface area contributed by atoms with Gasteiger partial charge in [0.25, 0.3) is 5.91 Å². The van der Waals surface area contributed by atoms with Crippen LogP contribution in [0.25, 0.3) is 0 Å². The van der Waals surface area contributed by atoms with Gasteiger partial charge < -0.3 is 10.6 Å². The summed E-state index contributed by atoms with van der Waals surface area (Å²) in [5, 5.41) is 14.5. The van der Waals surface area contributed by atoms with Crippen molar-refractivity contribution in [1.82, 2.24) is 15.5 Å². The first kappa shape index (κ1) is 17.8. The van der Waals surface area contributed by atoms with Crippen molar-refractivity contribution in [3.05, 3.63) is 88.3 Å². The Morgan fingerprint density at radius 1 is 0.885 bits per heavy atom. The SMILES string of the molecule is O=C(NCc1ccc(F)cc1)c1ccc(NCc2ccc(Cl)cc2)nn1. The van der Waals surface area contributed by atoms with Gasteiger partial charge in [-0.2, -0.15) is 0 Å². The average molecular weight is 371 g/mol. The fourth-order valence-electron chi connectivity index (χ4n) is 2.22. The van der Waals surface area contributed by atoms with Gasteiger partial charge in [0.1, 0.15) is 11.6 Å². The zero-order valence-corrected chi connectivity index (χ0v) is 14.5. The molecule has 5 nitrogen and oxygen atoms in total. The van der Waals surface area contributed by atoms with Crippen molar-refractivity contribution < 1.29 is 9.18 Å². The van der Waals surface area contributed by atoms with Crippen LogP contribution in [0, 0.1) is 5.82 Å². The van der Waals surface area contributed by atoms with Crippen molar-refractivity contribution in [2.24, 2.45) is 0 Å². The first-order valence-electron chi connectivity index (χ1n) is 7.95. The number of anilines is 1. The second-order valence-corrected chi connectivity index (χ2v) is 6.03. The van der Waals surface area contributed by atoms with Crippen LogP contribution in [0.5, 0.6) is 0 Å². The van der Waals surface area contributed by atoms with Crippen molar-refractivity contribution in [2.45, 2.75) is 13.1 Å². The third-order valence-electron chi connectivity index (χ3n) is 3.65. The summed E-state index contributed by atoms with van der Waals surface area (Å²) in [6.07, 6.45) is 0. The number of carbonyl (C=O) groups excluding carboxylic acids is 1. The molecule has 0 saturated heterocycles. The van der Waals surface area contributed by atoms with Crippen molar-refractivity contribution in [3.63, 3.8) is 0 Å². The molecular weight excluding hydrogens is 355 g/mol. The number of nitrogens with zero attached hydrogens (tertiary/aromatic N) is 2. The van der Waals surface area contributed by atoms with Gasteiger partial charge >= 0.3 is 0 Å². The molecule has 26 heavy (non-hydrogen) atoms. The summed E-state index contributed by atoms with van der Waals surface area (Å²) < 4.78 is 12.9. The Morgan fingerprint density at radius 2 is 1.54 bits per heavy atom. The van der Waals surface area contributed by atoms with Crippen LogP contribution in [0.15, 0.2) is 60.7 Å². The molecule has 0 spiro atoms. The number of hydrogen-bond donors (Lipinski definition) is 2. The summed E-state index contributed by atoms with van der Waals surface area (Å²) in [7, 11) is 0. The minimum atomic E-state index is -0.342. The van der Waals surface area contributed by atoms with Crippen molar-refractivity contribution >= 4 is 23.3 Å². The molecule has 0 atom stereocenters. The molecule has 1 amide bonds. The lowest BCUT2D eigenvalue weighted by molar-refractivity contribution is 0.0945. The van der Waals surface area contributed by atoms with E-state index in [0.29, 0.717) is 17.4 Å². The Kier molecular flexibility index (Phi) is 5.76. The molecule has 1 heterocycles. The number of hydrogen-bond acceptors (Lipinski definition) is 4. The second-order valence-electron chi connectivity index (χ2n) is 5.59. The Bertz CT molecular complexity index is 868. The van der Waals surface area contributed by atoms with Crippen LogP contribution < -0.4 is 10.6 Å². The third-order valence-corrected chi connectivity index (χ3v) is 3.90. The Labute approximate surface area is 155 Å². The van der Waals surface area contributed by atoms with E-state index >= 15 is 0 Å². The van der Waals surface area contributed by atoms with Crippen molar-refractivity contribution in [1.29, 1.82) is 0 Å². The minimum Gasteiger partial charge on any atom is -0.365 e. The summed E-state index contributed by atoms with van der Waals surface area (Å²) in [5.41, 5.74) is 2.07. The quantitative estimate of drug-likeness (QED) is 0.692. The molecule has 0 bridgehead atoms. The van der Waals surface area contributed by atoms with Gasteiger partial charge in [-0.3, -0.25) is 4.79 Å². The molecule has 132 valence electrons. The summed E-state index contributed by atoms with van der Waals surface area (Å²) in [5.74, 6) is -0.0891. The minimum absolute atomic E-state index is 0.212. The van der Waals surface area contributed by atoms with Gasteiger partial charge in [-0.25, -0.2) is 4.39 Å². The predicted molar refractivity (Wildman–Crippen MR) is 98.4 cm³/mol. The molecule has 2 aromatic carbocycles. The maximum Gasteiger partial charge on any atom is 0.272 e. The summed E-state index contributed by atoms with van der Waals surface area (Å²) in [4.78, 5) is 12.1. The number of carbonyl (C=O) groups is 1. The topological polar surface area (TPSA) is 66.9 Å². The fraction of sp³-hybridized carbons (Fsp3) is 0.105. The largest absolute Gasteiger partial charge is 0.365 e. The summed E-state index contributed by atoms with van der Waals surface area (Å²) >= 11 is 5.85. The van der Waals surface area contributed by atoms with Gasteiger partial charge in [-0.1, -0.05) is 35.9 Å². The number of benzene rings is 2. The van der Waals surface area contributed by atoms with Crippen LogP contribution in [0.2, 0.25) is 5.02 Å². The van der Waals surface area contributed by atoms with Gasteiger partial charge in [-0.05, 0) is 47.5 Å². The standard InChI is InChI=1S/C19H16ClFN4O/c20-15-5-1-13(2-6-15)11-22-18-10-9-17(24-25-18)19(26)23-12-14-3-7-16(21)8-4-14/h1-10H,11-12H2,(H,22,25)(H,23,26). The van der Waals surface area contributed by atoms with E-state index in [9.17, 15) is 9.18 Å². The maximum atomic E-state index is 12.9. The first-order chi connectivity index (χ1) is 12.6. The van der Waals surface area contributed by atoms with E-state index in [1.165, 1.54) is 12.1 Å². The number of aromatic nitrogens is 2. The van der Waals surface area contributed by atoms with Gasteiger partial charge in [0.2, 0.25) is 0 Å². The highest BCUT2D eigenvalue weighted by Gasteiger charge is 2.08. The monoisotopic (exact) mass is 370 g/mol. The van der Waals surface area contributed by atoms with E-state index < -0.39 is 0 Å². The molecule has 3 aromatic rings. The molecule has 7 heteroatoms. The van der Waals surface area contributed by atoms with E-state index in [1.807, 2.05) is 24.3 Å². The fourth-order valence-corrected chi connectivity index (χ4v) is 2.34. The Balaban J connectivity index is 1.52. The molecule has 0 aliphatic rings. The van der Waals surface area contributed by atoms with Crippen LogP contribution in [0.1, 0.15) is 21.6 Å². The van der Waals surface area contributed by atoms with E-state index in [-0.39, 0.29) is 24.0 Å². The summed E-state index contributed by atoms with van der Waals surface area (Å²) in [6, 6.07) is 16.7. The first-order valence-corrected chi connectivity index (χ1v) is 8.32. The number of amides is 1. The smallest absolute Gasteiger partial charge is 0.272 e. The Morgan fingerprint density at radius 3 is 2.19 bits per heavy atom. The second kappa shape index (κ2) is 8.40. The zero-order chi connectivity index (χ0) is 18.4. The molecule has 3 rings (SSSR count). The lowest BCUT2D eigenvalue weighted by Gasteiger charge is -2.07. The van der Waals surface area contributed by atoms with Crippen LogP contribution in [-0.4, -0.2) is 16.1 Å². The van der Waals surface area contributed by atoms with Crippen molar-refractivity contribution in [2.75, 3.05) is 5.32 Å². The van der Waals surface area contributed by atoms with E-state index in [0.717, 1.165) is 11.1 Å². The molecular formula is C19H16ClFN4O. The zero-order valence-electron chi connectivity index (χ0n) is 13.7. The summed E-state index contributed by atoms with van der Waals surface area (Å²) in [6.45, 7) is 0.860. The molecule has 2 N–H and O–H groups in total. The molecule has 0 aliphatic carbocycles. The van der Waals surface area contributed by atoms with Gasteiger partial charge in [0.15, 0.2) is 5.69 Å². The highest BCUT2D eigenvalue weighted by atomic mass is 35.5. The number of halogens is 2. The molecule has 1 aromatic heterocycles. The molecule has 0 saturated carbocycles.